The summed E-state index contributed by atoms with van der Waals surface area (Å²) < 4.78 is 15.9. The highest BCUT2D eigenvalue weighted by Gasteiger charge is 2.25. The van der Waals surface area contributed by atoms with Gasteiger partial charge in [-0.25, -0.2) is 4.79 Å². The van der Waals surface area contributed by atoms with E-state index in [1.54, 1.807) is 12.0 Å². The van der Waals surface area contributed by atoms with E-state index in [4.69, 9.17) is 19.3 Å². The van der Waals surface area contributed by atoms with E-state index in [0.29, 0.717) is 46.0 Å². The van der Waals surface area contributed by atoms with Crippen molar-refractivity contribution in [3.63, 3.8) is 0 Å². The summed E-state index contributed by atoms with van der Waals surface area (Å²) in [7, 11) is 2.58. The van der Waals surface area contributed by atoms with Crippen LogP contribution >= 0.6 is 0 Å². The maximum Gasteiger partial charge on any atom is 0.340 e. The minimum atomic E-state index is -1.22. The molecule has 1 aliphatic heterocycles. The van der Waals surface area contributed by atoms with Gasteiger partial charge in [-0.1, -0.05) is 12.1 Å². The van der Waals surface area contributed by atoms with Crippen LogP contribution in [0.1, 0.15) is 24.0 Å². The number of ether oxygens (including phenoxy) is 3. The summed E-state index contributed by atoms with van der Waals surface area (Å²) in [6.45, 7) is 2.81. The van der Waals surface area contributed by atoms with E-state index in [1.807, 2.05) is 18.2 Å². The molecule has 0 radical (unpaired) electrons. The smallest absolute Gasteiger partial charge is 0.340 e. The number of methoxy groups -OCH3 is 1. The van der Waals surface area contributed by atoms with E-state index in [1.165, 1.54) is 6.20 Å². The molecule has 1 heterocycles. The van der Waals surface area contributed by atoms with Gasteiger partial charge in [-0.2, -0.15) is 0 Å². The number of carbonyl (C=O) groups is 3. The van der Waals surface area contributed by atoms with Crippen molar-refractivity contribution in [2.45, 2.75) is 25.7 Å². The Hall–Kier alpha value is -2.59. The fourth-order valence-corrected chi connectivity index (χ4v) is 3.16. The van der Waals surface area contributed by atoms with Crippen molar-refractivity contribution >= 4 is 23.7 Å². The van der Waals surface area contributed by atoms with E-state index in [2.05, 4.69) is 0 Å². The Morgan fingerprint density at radius 3 is 2.50 bits per heavy atom. The monoisotopic (exact) mass is 451 g/mol. The zero-order valence-corrected chi connectivity index (χ0v) is 18.7. The molecule has 1 aliphatic rings. The van der Waals surface area contributed by atoms with Crippen molar-refractivity contribution in [3.05, 3.63) is 41.1 Å². The number of fused-ring (bicyclic) bond motifs is 1. The predicted octanol–water partition coefficient (Wildman–Crippen LogP) is 1.40. The molecule has 0 aromatic heterocycles. The first-order valence-corrected chi connectivity index (χ1v) is 10.5. The number of anilines is 1. The van der Waals surface area contributed by atoms with E-state index in [9.17, 15) is 19.5 Å². The van der Waals surface area contributed by atoms with E-state index in [-0.39, 0.29) is 12.0 Å². The average molecular weight is 452 g/mol. The van der Waals surface area contributed by atoms with Gasteiger partial charge < -0.3 is 34.1 Å². The van der Waals surface area contributed by atoms with Crippen molar-refractivity contribution in [1.29, 1.82) is 0 Å². The number of benzene rings is 1. The molecule has 0 unspecified atom stereocenters. The molecule has 0 bridgehead atoms. The summed E-state index contributed by atoms with van der Waals surface area (Å²) in [5.74, 6) is -1.62. The molecule has 0 aliphatic carbocycles. The number of rotatable bonds is 14. The first-order valence-electron chi connectivity index (χ1n) is 10.5. The molecule has 1 aromatic rings. The van der Waals surface area contributed by atoms with Crippen LogP contribution in [0.5, 0.6) is 0 Å². The molecule has 0 atom stereocenters. The van der Waals surface area contributed by atoms with Crippen LogP contribution in [0.15, 0.2) is 30.0 Å². The largest absolute Gasteiger partial charge is 0.478 e. The molecule has 0 saturated heterocycles. The molecule has 0 fully saturated rings. The Kier molecular flexibility index (Phi) is 13.8. The van der Waals surface area contributed by atoms with Gasteiger partial charge in [0.2, 0.25) is 0 Å². The summed E-state index contributed by atoms with van der Waals surface area (Å²) in [6, 6.07) is 5.89. The lowest BCUT2D eigenvalue weighted by atomic mass is 9.99. The van der Waals surface area contributed by atoms with Gasteiger partial charge in [0.25, 0.3) is 0 Å². The zero-order chi connectivity index (χ0) is 23.8. The summed E-state index contributed by atoms with van der Waals surface area (Å²) in [5.41, 5.74) is 2.49. The summed E-state index contributed by atoms with van der Waals surface area (Å²) in [5, 5.41) is 16.4. The molecule has 2 N–H and O–H groups in total. The predicted molar refractivity (Wildman–Crippen MR) is 119 cm³/mol. The first-order chi connectivity index (χ1) is 15.6. The maximum atomic E-state index is 12.4. The van der Waals surface area contributed by atoms with Crippen LogP contribution in [-0.2, 0) is 41.4 Å². The first kappa shape index (κ1) is 27.4. The second kappa shape index (κ2) is 16.1. The third-order valence-electron chi connectivity index (χ3n) is 4.66. The number of aryl methyl sites for hydroxylation is 1. The lowest BCUT2D eigenvalue weighted by Crippen LogP contribution is -2.23. The minimum Gasteiger partial charge on any atom is -0.478 e. The van der Waals surface area contributed by atoms with Crippen LogP contribution < -0.4 is 4.90 Å². The lowest BCUT2D eigenvalue weighted by Gasteiger charge is -2.22. The number of carboxylic acids is 1. The molecule has 32 heavy (non-hydrogen) atoms. The van der Waals surface area contributed by atoms with Gasteiger partial charge in [0.15, 0.2) is 5.78 Å². The number of carbonyl (C=O) groups excluding carboxylic acids is 2. The van der Waals surface area contributed by atoms with Crippen molar-refractivity contribution in [2.24, 2.45) is 0 Å². The second-order valence-corrected chi connectivity index (χ2v) is 6.88. The van der Waals surface area contributed by atoms with Crippen molar-refractivity contribution in [3.8, 4) is 0 Å². The maximum absolute atomic E-state index is 12.4. The highest BCUT2D eigenvalue weighted by atomic mass is 16.5. The Bertz CT molecular complexity index is 762. The Morgan fingerprint density at radius 1 is 1.12 bits per heavy atom. The molecule has 0 saturated carbocycles. The topological polar surface area (TPSA) is 123 Å². The fraction of sp³-hybridized carbons (Fsp3) is 0.522. The zero-order valence-electron chi connectivity index (χ0n) is 18.7. The van der Waals surface area contributed by atoms with E-state index >= 15 is 0 Å². The molecule has 1 aromatic carbocycles. The molecule has 9 nitrogen and oxygen atoms in total. The van der Waals surface area contributed by atoms with Crippen molar-refractivity contribution in [1.82, 2.24) is 0 Å². The number of ketones is 1. The second-order valence-electron chi connectivity index (χ2n) is 6.88. The van der Waals surface area contributed by atoms with Gasteiger partial charge in [-0.15, -0.1) is 0 Å². The number of hydrogen-bond acceptors (Lipinski definition) is 8. The molecule has 0 spiro atoms. The Morgan fingerprint density at radius 2 is 1.84 bits per heavy atom. The fourth-order valence-electron chi connectivity index (χ4n) is 3.16. The van der Waals surface area contributed by atoms with Gasteiger partial charge in [0, 0.05) is 52.1 Å². The quantitative estimate of drug-likeness (QED) is 0.245. The third kappa shape index (κ3) is 9.27. The Balaban J connectivity index is 0.00000249. The highest BCUT2D eigenvalue weighted by molar-refractivity contribution is 6.18. The third-order valence-corrected chi connectivity index (χ3v) is 4.66. The SMILES string of the molecule is CO.COCCN1C=C(C(=O)O)C(=O)Cc2cc(CCCOCCOCCC=O)ccc21. The van der Waals surface area contributed by atoms with E-state index < -0.39 is 11.8 Å². The summed E-state index contributed by atoms with van der Waals surface area (Å²) >= 11 is 0. The molecule has 0 amide bonds. The number of aliphatic carboxylic acids is 1. The number of aliphatic hydroxyl groups excluding tert-OH is 1. The van der Waals surface area contributed by atoms with Gasteiger partial charge in [-0.05, 0) is 30.0 Å². The van der Waals surface area contributed by atoms with Crippen LogP contribution in [0.2, 0.25) is 0 Å². The molecular weight excluding hydrogens is 418 g/mol. The number of carboxylic acid groups (broad SMARTS) is 1. The van der Waals surface area contributed by atoms with Crippen LogP contribution in [-0.4, -0.2) is 82.1 Å². The number of aldehydes is 1. The van der Waals surface area contributed by atoms with Crippen LogP contribution in [0.25, 0.3) is 0 Å². The van der Waals surface area contributed by atoms with Crippen LogP contribution in [0.4, 0.5) is 5.69 Å². The van der Waals surface area contributed by atoms with Crippen LogP contribution in [0, 0.1) is 0 Å². The van der Waals surface area contributed by atoms with Crippen molar-refractivity contribution < 1.29 is 38.8 Å². The molecule has 178 valence electrons. The lowest BCUT2D eigenvalue weighted by molar-refractivity contribution is -0.134. The molecule has 2 rings (SSSR count). The van der Waals surface area contributed by atoms with Gasteiger partial charge in [0.1, 0.15) is 11.9 Å². The number of Topliss-reactive ketones (excluding diaryl/α,β-unsaturated/α-hetero) is 1. The Labute approximate surface area is 188 Å². The standard InChI is InChI=1S/C22H29NO7.CH4O/c1-28-11-7-23-16-19(22(26)27)21(25)15-18-14-17(5-6-20(18)23)4-2-9-29-12-13-30-10-3-8-24;1-2/h5-6,8,14,16H,2-4,7,9-13,15H2,1H3,(H,26,27);2H,1H3. The number of nitrogens with zero attached hydrogens (tertiary/aromatic N) is 1. The van der Waals surface area contributed by atoms with Crippen molar-refractivity contribution in [2.75, 3.05) is 58.7 Å². The van der Waals surface area contributed by atoms with Gasteiger partial charge >= 0.3 is 5.97 Å². The molecular formula is C23H33NO8. The highest BCUT2D eigenvalue weighted by Crippen LogP contribution is 2.28. The number of aliphatic hydroxyl groups is 1. The minimum absolute atomic E-state index is 0.0550. The van der Waals surface area contributed by atoms with Gasteiger partial charge in [-0.3, -0.25) is 4.79 Å². The normalized spacial score (nSPS) is 12.9. The van der Waals surface area contributed by atoms with E-state index in [0.717, 1.165) is 43.1 Å². The summed E-state index contributed by atoms with van der Waals surface area (Å²) in [6.07, 6.45) is 4.27. The average Bonchev–Trinajstić information content (AvgIpc) is 2.93. The number of hydrogen-bond donors (Lipinski definition) is 2. The van der Waals surface area contributed by atoms with Crippen LogP contribution in [0.3, 0.4) is 0 Å². The molecule has 9 heteroatoms. The summed E-state index contributed by atoms with van der Waals surface area (Å²) in [4.78, 5) is 35.8. The van der Waals surface area contributed by atoms with Gasteiger partial charge in [0.05, 0.1) is 26.4 Å².